The number of nitriles is 1. The van der Waals surface area contributed by atoms with Crippen LogP contribution in [0.1, 0.15) is 39.4 Å². The highest BCUT2D eigenvalue weighted by atomic mass is 35.5. The van der Waals surface area contributed by atoms with E-state index < -0.39 is 0 Å². The minimum atomic E-state index is -0.354. The van der Waals surface area contributed by atoms with Gasteiger partial charge in [-0.3, -0.25) is 5.10 Å². The number of aryl methyl sites for hydroxylation is 3. The SMILES string of the molecule is Cc1cc(C)c([C@@H]2C(C#N)=C(N)Oc3n[nH]c(C)c32)cc1COc1ccc(Cl)cc1. The van der Waals surface area contributed by atoms with E-state index in [4.69, 9.17) is 26.8 Å². The van der Waals surface area contributed by atoms with Crippen molar-refractivity contribution in [3.05, 3.63) is 86.4 Å². The first-order chi connectivity index (χ1) is 14.4. The number of ether oxygens (including phenoxy) is 2. The number of H-pyrrole nitrogens is 1. The highest BCUT2D eigenvalue weighted by molar-refractivity contribution is 6.30. The summed E-state index contributed by atoms with van der Waals surface area (Å²) in [5.41, 5.74) is 12.3. The number of fused-ring (bicyclic) bond motifs is 1. The zero-order valence-corrected chi connectivity index (χ0v) is 17.7. The molecule has 6 nitrogen and oxygen atoms in total. The molecule has 1 aliphatic rings. The van der Waals surface area contributed by atoms with Gasteiger partial charge in [-0.05, 0) is 67.3 Å². The van der Waals surface area contributed by atoms with Crippen LogP contribution >= 0.6 is 11.6 Å². The molecule has 0 spiro atoms. The highest BCUT2D eigenvalue weighted by Gasteiger charge is 2.35. The summed E-state index contributed by atoms with van der Waals surface area (Å²) in [6.45, 7) is 6.38. The topological polar surface area (TPSA) is 97.0 Å². The average molecular weight is 421 g/mol. The lowest BCUT2D eigenvalue weighted by Crippen LogP contribution is -2.21. The van der Waals surface area contributed by atoms with E-state index in [1.807, 2.05) is 32.9 Å². The van der Waals surface area contributed by atoms with Crippen molar-refractivity contribution < 1.29 is 9.47 Å². The number of nitrogens with zero attached hydrogens (tertiary/aromatic N) is 2. The summed E-state index contributed by atoms with van der Waals surface area (Å²) < 4.78 is 11.5. The Bertz CT molecular complexity index is 1190. The molecule has 1 aromatic heterocycles. The first kappa shape index (κ1) is 19.9. The molecular weight excluding hydrogens is 400 g/mol. The van der Waals surface area contributed by atoms with Crippen molar-refractivity contribution in [1.29, 1.82) is 5.26 Å². The monoisotopic (exact) mass is 420 g/mol. The number of aromatic nitrogens is 2. The molecule has 152 valence electrons. The van der Waals surface area contributed by atoms with Gasteiger partial charge in [0.05, 0.1) is 5.92 Å². The standard InChI is InChI=1S/C23H21ClN4O2/c1-12-8-13(2)18(9-15(12)11-29-17-6-4-16(24)5-7-17)21-19(10-25)22(26)30-23-20(21)14(3)27-28-23/h4-9,21H,11,26H2,1-3H3,(H,27,28)/t21-/m1/s1. The van der Waals surface area contributed by atoms with Gasteiger partial charge in [0.1, 0.15) is 24.0 Å². The fourth-order valence-corrected chi connectivity index (χ4v) is 3.91. The van der Waals surface area contributed by atoms with E-state index in [1.165, 1.54) is 0 Å². The summed E-state index contributed by atoms with van der Waals surface area (Å²) >= 11 is 5.95. The molecule has 2 heterocycles. The minimum Gasteiger partial charge on any atom is -0.489 e. The van der Waals surface area contributed by atoms with Crippen LogP contribution in [0.5, 0.6) is 11.6 Å². The molecule has 1 aliphatic heterocycles. The Morgan fingerprint density at radius 3 is 2.63 bits per heavy atom. The normalized spacial score (nSPS) is 15.4. The van der Waals surface area contributed by atoms with Gasteiger partial charge in [0.15, 0.2) is 0 Å². The first-order valence-electron chi connectivity index (χ1n) is 9.50. The molecule has 0 radical (unpaired) electrons. The van der Waals surface area contributed by atoms with Crippen molar-refractivity contribution in [2.75, 3.05) is 0 Å². The Morgan fingerprint density at radius 2 is 1.93 bits per heavy atom. The molecule has 7 heteroatoms. The number of nitrogens with two attached hydrogens (primary N) is 1. The number of rotatable bonds is 4. The molecule has 0 fully saturated rings. The van der Waals surface area contributed by atoms with Crippen molar-refractivity contribution in [2.45, 2.75) is 33.3 Å². The quantitative estimate of drug-likeness (QED) is 0.632. The summed E-state index contributed by atoms with van der Waals surface area (Å²) in [7, 11) is 0. The number of aromatic amines is 1. The molecule has 3 aromatic rings. The van der Waals surface area contributed by atoms with E-state index >= 15 is 0 Å². The number of hydrogen-bond donors (Lipinski definition) is 2. The Kier molecular flexibility index (Phi) is 5.15. The Labute approximate surface area is 179 Å². The third kappa shape index (κ3) is 3.49. The van der Waals surface area contributed by atoms with Gasteiger partial charge in [0.2, 0.25) is 11.8 Å². The van der Waals surface area contributed by atoms with Crippen molar-refractivity contribution in [2.24, 2.45) is 5.73 Å². The zero-order valence-electron chi connectivity index (χ0n) is 16.9. The van der Waals surface area contributed by atoms with Crippen molar-refractivity contribution in [1.82, 2.24) is 10.2 Å². The van der Waals surface area contributed by atoms with Gasteiger partial charge in [-0.1, -0.05) is 23.7 Å². The molecule has 3 N–H and O–H groups in total. The maximum absolute atomic E-state index is 9.80. The third-order valence-corrected chi connectivity index (χ3v) is 5.63. The van der Waals surface area contributed by atoms with Crippen LogP contribution in [0.25, 0.3) is 0 Å². The molecule has 0 amide bonds. The van der Waals surface area contributed by atoms with Crippen molar-refractivity contribution in [3.8, 4) is 17.7 Å². The van der Waals surface area contributed by atoms with Gasteiger partial charge in [-0.25, -0.2) is 0 Å². The predicted octanol–water partition coefficient (Wildman–Crippen LogP) is 4.79. The fourth-order valence-electron chi connectivity index (χ4n) is 3.78. The Balaban J connectivity index is 1.75. The van der Waals surface area contributed by atoms with Crippen LogP contribution in [-0.2, 0) is 6.61 Å². The molecule has 0 bridgehead atoms. The van der Waals surface area contributed by atoms with E-state index in [9.17, 15) is 5.26 Å². The lowest BCUT2D eigenvalue weighted by atomic mass is 9.81. The van der Waals surface area contributed by atoms with Crippen LogP contribution in [0.15, 0.2) is 47.9 Å². The van der Waals surface area contributed by atoms with E-state index in [0.29, 0.717) is 23.1 Å². The summed E-state index contributed by atoms with van der Waals surface area (Å²) in [6, 6.07) is 13.7. The number of halogens is 1. The molecule has 0 unspecified atom stereocenters. The van der Waals surface area contributed by atoms with Gasteiger partial charge in [0, 0.05) is 16.3 Å². The number of allylic oxidation sites excluding steroid dienone is 1. The van der Waals surface area contributed by atoms with Gasteiger partial charge in [-0.15, -0.1) is 5.10 Å². The van der Waals surface area contributed by atoms with Crippen LogP contribution in [0.4, 0.5) is 0 Å². The highest BCUT2D eigenvalue weighted by Crippen LogP contribution is 2.44. The van der Waals surface area contributed by atoms with E-state index in [0.717, 1.165) is 39.3 Å². The molecule has 2 aromatic carbocycles. The maximum atomic E-state index is 9.80. The maximum Gasteiger partial charge on any atom is 0.244 e. The minimum absolute atomic E-state index is 0.0837. The molecule has 1 atom stereocenters. The van der Waals surface area contributed by atoms with Crippen LogP contribution in [0.3, 0.4) is 0 Å². The summed E-state index contributed by atoms with van der Waals surface area (Å²) in [5, 5.41) is 17.6. The van der Waals surface area contributed by atoms with Crippen molar-refractivity contribution >= 4 is 11.6 Å². The van der Waals surface area contributed by atoms with Crippen LogP contribution < -0.4 is 15.2 Å². The largest absolute Gasteiger partial charge is 0.489 e. The second-order valence-corrected chi connectivity index (χ2v) is 7.81. The van der Waals surface area contributed by atoms with Gasteiger partial charge in [0.25, 0.3) is 0 Å². The lowest BCUT2D eigenvalue weighted by Gasteiger charge is -2.26. The van der Waals surface area contributed by atoms with Crippen molar-refractivity contribution in [3.63, 3.8) is 0 Å². The van der Waals surface area contributed by atoms with Gasteiger partial charge < -0.3 is 15.2 Å². The molecule has 0 saturated carbocycles. The van der Waals surface area contributed by atoms with E-state index in [-0.39, 0.29) is 11.8 Å². The predicted molar refractivity (Wildman–Crippen MR) is 114 cm³/mol. The second-order valence-electron chi connectivity index (χ2n) is 7.37. The molecule has 4 rings (SSSR count). The molecule has 0 aliphatic carbocycles. The second kappa shape index (κ2) is 7.77. The van der Waals surface area contributed by atoms with Gasteiger partial charge in [-0.2, -0.15) is 5.26 Å². The zero-order chi connectivity index (χ0) is 21.4. The number of nitrogens with one attached hydrogen (secondary N) is 1. The molecule has 30 heavy (non-hydrogen) atoms. The summed E-state index contributed by atoms with van der Waals surface area (Å²) in [6.07, 6.45) is 0. The van der Waals surface area contributed by atoms with E-state index in [2.05, 4.69) is 28.4 Å². The van der Waals surface area contributed by atoms with Crippen LogP contribution in [0.2, 0.25) is 5.02 Å². The average Bonchev–Trinajstić information content (AvgIpc) is 3.08. The Hall–Kier alpha value is -3.43. The third-order valence-electron chi connectivity index (χ3n) is 5.37. The van der Waals surface area contributed by atoms with Crippen LogP contribution in [-0.4, -0.2) is 10.2 Å². The Morgan fingerprint density at radius 1 is 1.20 bits per heavy atom. The number of hydrogen-bond acceptors (Lipinski definition) is 5. The molecule has 0 saturated heterocycles. The summed E-state index contributed by atoms with van der Waals surface area (Å²) in [4.78, 5) is 0. The van der Waals surface area contributed by atoms with Gasteiger partial charge >= 0.3 is 0 Å². The smallest absolute Gasteiger partial charge is 0.244 e. The molecular formula is C23H21ClN4O2. The summed E-state index contributed by atoms with van der Waals surface area (Å²) in [5.74, 6) is 0.877. The first-order valence-corrected chi connectivity index (χ1v) is 9.87. The fraction of sp³-hybridized carbons (Fsp3) is 0.217. The van der Waals surface area contributed by atoms with Crippen LogP contribution in [0, 0.1) is 32.1 Å². The lowest BCUT2D eigenvalue weighted by molar-refractivity contribution is 0.305. The number of benzene rings is 2. The van der Waals surface area contributed by atoms with E-state index in [1.54, 1.807) is 12.1 Å².